The Hall–Kier alpha value is -2.10. The average molecular weight is 457 g/mol. The minimum atomic E-state index is -5.48. The Kier molecular flexibility index (Phi) is 4.53. The van der Waals surface area contributed by atoms with Crippen LogP contribution in [-0.2, 0) is 0 Å². The molecule has 0 radical (unpaired) electrons. The van der Waals surface area contributed by atoms with E-state index in [1.807, 2.05) is 0 Å². The third-order valence-electron chi connectivity index (χ3n) is 4.01. The largest absolute Gasteiger partial charge is 0.497 e. The summed E-state index contributed by atoms with van der Waals surface area (Å²) in [7, 11) is 1.31. The molecule has 0 heterocycles. The quantitative estimate of drug-likeness (QED) is 0.553. The maximum absolute atomic E-state index is 14.9. The van der Waals surface area contributed by atoms with Crippen molar-refractivity contribution in [1.29, 1.82) is 0 Å². The van der Waals surface area contributed by atoms with Gasteiger partial charge in [0.15, 0.2) is 0 Å². The van der Waals surface area contributed by atoms with E-state index in [2.05, 4.69) is 25.4 Å². The van der Waals surface area contributed by atoms with E-state index in [0.717, 1.165) is 24.3 Å². The van der Waals surface area contributed by atoms with Gasteiger partial charge < -0.3 is 14.2 Å². The van der Waals surface area contributed by atoms with Crippen molar-refractivity contribution in [3.63, 3.8) is 0 Å². The van der Waals surface area contributed by atoms with E-state index in [-0.39, 0.29) is 5.75 Å². The summed E-state index contributed by atoms with van der Waals surface area (Å²) in [6.07, 6.45) is 0. The van der Waals surface area contributed by atoms with Gasteiger partial charge in [0.05, 0.1) is 7.11 Å². The van der Waals surface area contributed by atoms with Crippen molar-refractivity contribution in [3.8, 4) is 17.2 Å². The highest BCUT2D eigenvalue weighted by molar-refractivity contribution is 9.10. The predicted molar refractivity (Wildman–Crippen MR) is 86.0 cm³/mol. The number of alkyl halides is 6. The van der Waals surface area contributed by atoms with E-state index >= 15 is 0 Å². The molecular formula is C17H11BrF6O3. The number of halogens is 7. The van der Waals surface area contributed by atoms with Crippen LogP contribution in [0.15, 0.2) is 53.0 Å². The van der Waals surface area contributed by atoms with E-state index in [4.69, 9.17) is 4.74 Å². The fourth-order valence-corrected chi connectivity index (χ4v) is 2.74. The molecule has 1 aliphatic rings. The van der Waals surface area contributed by atoms with E-state index in [1.54, 1.807) is 0 Å². The molecule has 0 aliphatic heterocycles. The minimum Gasteiger partial charge on any atom is -0.497 e. The van der Waals surface area contributed by atoms with Crippen molar-refractivity contribution in [2.45, 2.75) is 23.6 Å². The first-order valence-electron chi connectivity index (χ1n) is 7.39. The number of methoxy groups -OCH3 is 1. The van der Waals surface area contributed by atoms with Crippen molar-refractivity contribution >= 4 is 15.9 Å². The monoisotopic (exact) mass is 456 g/mol. The topological polar surface area (TPSA) is 27.7 Å². The average Bonchev–Trinajstić information content (AvgIpc) is 2.63. The van der Waals surface area contributed by atoms with Gasteiger partial charge in [0.1, 0.15) is 17.2 Å². The van der Waals surface area contributed by atoms with Gasteiger partial charge in [-0.3, -0.25) is 0 Å². The van der Waals surface area contributed by atoms with Crippen LogP contribution in [-0.4, -0.2) is 30.7 Å². The molecule has 2 atom stereocenters. The normalized spacial score (nSPS) is 28.1. The van der Waals surface area contributed by atoms with Gasteiger partial charge in [-0.1, -0.05) is 15.9 Å². The maximum Gasteiger partial charge on any atom is 0.395 e. The van der Waals surface area contributed by atoms with Crippen LogP contribution in [0.3, 0.4) is 0 Å². The third kappa shape index (κ3) is 2.64. The molecular weight excluding hydrogens is 446 g/mol. The lowest BCUT2D eigenvalue weighted by Crippen LogP contribution is -2.89. The molecule has 0 aromatic heterocycles. The van der Waals surface area contributed by atoms with Crippen LogP contribution in [0.2, 0.25) is 0 Å². The zero-order valence-corrected chi connectivity index (χ0v) is 15.1. The van der Waals surface area contributed by atoms with Crippen LogP contribution < -0.4 is 14.2 Å². The zero-order chi connectivity index (χ0) is 20.1. The molecule has 0 saturated heterocycles. The van der Waals surface area contributed by atoms with Crippen molar-refractivity contribution in [2.24, 2.45) is 0 Å². The Bertz CT molecular complexity index is 830. The Balaban J connectivity index is 1.97. The molecule has 2 unspecified atom stereocenters. The molecule has 1 fully saturated rings. The molecule has 146 valence electrons. The van der Waals surface area contributed by atoms with Crippen LogP contribution >= 0.6 is 15.9 Å². The van der Waals surface area contributed by atoms with E-state index < -0.39 is 35.1 Å². The van der Waals surface area contributed by atoms with Gasteiger partial charge >= 0.3 is 23.6 Å². The number of hydrogen-bond donors (Lipinski definition) is 0. The molecule has 27 heavy (non-hydrogen) atoms. The molecule has 10 heteroatoms. The second-order valence-corrected chi connectivity index (χ2v) is 6.59. The molecule has 3 rings (SSSR count). The number of hydrogen-bond acceptors (Lipinski definition) is 3. The number of rotatable bonds is 5. The summed E-state index contributed by atoms with van der Waals surface area (Å²) in [6, 6.07) is 8.89. The maximum atomic E-state index is 14.9. The highest BCUT2D eigenvalue weighted by Crippen LogP contribution is 2.68. The summed E-state index contributed by atoms with van der Waals surface area (Å²) in [5.41, 5.74) is 0. The minimum absolute atomic E-state index is 0.263. The Labute approximate surface area is 158 Å². The molecule has 1 saturated carbocycles. The van der Waals surface area contributed by atoms with E-state index in [0.29, 0.717) is 4.47 Å². The summed E-state index contributed by atoms with van der Waals surface area (Å²) < 4.78 is 99.1. The van der Waals surface area contributed by atoms with Crippen molar-refractivity contribution in [2.75, 3.05) is 7.11 Å². The second-order valence-electron chi connectivity index (χ2n) is 5.67. The Morgan fingerprint density at radius 1 is 0.630 bits per heavy atom. The predicted octanol–water partition coefficient (Wildman–Crippen LogP) is 5.53. The lowest BCUT2D eigenvalue weighted by Gasteiger charge is -2.55. The van der Waals surface area contributed by atoms with Gasteiger partial charge in [-0.2, -0.15) is 26.3 Å². The Morgan fingerprint density at radius 2 is 0.963 bits per heavy atom. The molecule has 2 aromatic carbocycles. The molecule has 3 nitrogen and oxygen atoms in total. The van der Waals surface area contributed by atoms with Gasteiger partial charge in [0.2, 0.25) is 0 Å². The van der Waals surface area contributed by atoms with Gasteiger partial charge in [0.25, 0.3) is 0 Å². The van der Waals surface area contributed by atoms with Gasteiger partial charge in [-0.05, 0) is 48.5 Å². The van der Waals surface area contributed by atoms with Crippen molar-refractivity contribution in [1.82, 2.24) is 0 Å². The van der Waals surface area contributed by atoms with Crippen LogP contribution in [0.25, 0.3) is 0 Å². The first-order chi connectivity index (χ1) is 12.5. The van der Waals surface area contributed by atoms with Crippen LogP contribution in [0.1, 0.15) is 0 Å². The number of benzene rings is 2. The van der Waals surface area contributed by atoms with E-state index in [1.165, 1.54) is 31.4 Å². The fourth-order valence-electron chi connectivity index (χ4n) is 2.48. The summed E-state index contributed by atoms with van der Waals surface area (Å²) in [5, 5.41) is 0. The summed E-state index contributed by atoms with van der Waals surface area (Å²) in [6.45, 7) is 0. The SMILES string of the molecule is COc1ccc(OC2(F)C(F)(F)C(F)(F)C2(F)Oc2ccc(Br)cc2)cc1. The second kappa shape index (κ2) is 6.22. The van der Waals surface area contributed by atoms with Crippen molar-refractivity contribution < 1.29 is 40.6 Å². The molecule has 0 amide bonds. The first kappa shape index (κ1) is 19.7. The molecule has 2 aromatic rings. The molecule has 0 spiro atoms. The smallest absolute Gasteiger partial charge is 0.395 e. The molecule has 1 aliphatic carbocycles. The fraction of sp³-hybridized carbons (Fsp3) is 0.294. The molecule has 0 N–H and O–H groups in total. The van der Waals surface area contributed by atoms with E-state index in [9.17, 15) is 26.3 Å². The van der Waals surface area contributed by atoms with Gasteiger partial charge in [-0.15, -0.1) is 0 Å². The highest BCUT2D eigenvalue weighted by Gasteiger charge is 3.03. The molecule has 0 bridgehead atoms. The summed E-state index contributed by atoms with van der Waals surface area (Å²) >= 11 is 3.05. The Morgan fingerprint density at radius 3 is 1.33 bits per heavy atom. The summed E-state index contributed by atoms with van der Waals surface area (Å²) in [5.74, 6) is -21.4. The van der Waals surface area contributed by atoms with Crippen LogP contribution in [0.4, 0.5) is 26.3 Å². The lowest BCUT2D eigenvalue weighted by molar-refractivity contribution is -0.527. The van der Waals surface area contributed by atoms with Crippen LogP contribution in [0, 0.1) is 0 Å². The van der Waals surface area contributed by atoms with Gasteiger partial charge in [-0.25, -0.2) is 0 Å². The third-order valence-corrected chi connectivity index (χ3v) is 4.53. The lowest BCUT2D eigenvalue weighted by atomic mass is 9.76. The number of ether oxygens (including phenoxy) is 3. The zero-order valence-electron chi connectivity index (χ0n) is 13.5. The first-order valence-corrected chi connectivity index (χ1v) is 8.19. The van der Waals surface area contributed by atoms with Gasteiger partial charge in [0, 0.05) is 4.47 Å². The highest BCUT2D eigenvalue weighted by atomic mass is 79.9. The van der Waals surface area contributed by atoms with Crippen molar-refractivity contribution in [3.05, 3.63) is 53.0 Å². The van der Waals surface area contributed by atoms with Crippen LogP contribution in [0.5, 0.6) is 17.2 Å². The standard InChI is InChI=1S/C17H11BrF6O3/c1-25-11-6-8-13(9-7-11)27-17(24)15(21,22)14(19,20)16(17,23)26-12-4-2-10(18)3-5-12/h2-9H,1H3. The summed E-state index contributed by atoms with van der Waals surface area (Å²) in [4.78, 5) is 0.